The quantitative estimate of drug-likeness (QED) is 0.821. The molecule has 0 N–H and O–H groups in total. The maximum absolute atomic E-state index is 5.19. The van der Waals surface area contributed by atoms with Crippen LogP contribution in [0.25, 0.3) is 11.3 Å². The first-order valence-corrected chi connectivity index (χ1v) is 6.53. The minimum atomic E-state index is 0.0938. The molecule has 1 aromatic carbocycles. The van der Waals surface area contributed by atoms with Gasteiger partial charge in [0, 0.05) is 23.7 Å². The summed E-state index contributed by atoms with van der Waals surface area (Å²) in [6, 6.07) is 8.06. The fourth-order valence-electron chi connectivity index (χ4n) is 2.70. The number of ether oxygens (including phenoxy) is 1. The van der Waals surface area contributed by atoms with Gasteiger partial charge in [0.2, 0.25) is 0 Å². The lowest BCUT2D eigenvalue weighted by atomic mass is 9.88. The lowest BCUT2D eigenvalue weighted by Gasteiger charge is -2.20. The highest BCUT2D eigenvalue weighted by Crippen LogP contribution is 2.32. The molecule has 0 amide bonds. The first kappa shape index (κ1) is 13.7. The molecule has 0 bridgehead atoms. The van der Waals surface area contributed by atoms with E-state index in [2.05, 4.69) is 44.9 Å². The van der Waals surface area contributed by atoms with Gasteiger partial charge in [-0.05, 0) is 36.8 Å². The van der Waals surface area contributed by atoms with Crippen molar-refractivity contribution >= 4 is 0 Å². The van der Waals surface area contributed by atoms with Gasteiger partial charge in [-0.1, -0.05) is 20.8 Å². The van der Waals surface area contributed by atoms with Gasteiger partial charge < -0.3 is 4.74 Å². The van der Waals surface area contributed by atoms with E-state index in [0.717, 1.165) is 17.0 Å². The van der Waals surface area contributed by atoms with E-state index >= 15 is 0 Å². The van der Waals surface area contributed by atoms with E-state index in [1.54, 1.807) is 7.11 Å². The molecule has 102 valence electrons. The van der Waals surface area contributed by atoms with E-state index in [1.165, 1.54) is 11.3 Å². The Hall–Kier alpha value is -1.77. The molecule has 0 fully saturated rings. The Bertz CT molecular complexity index is 574. The molecule has 2 aromatic rings. The van der Waals surface area contributed by atoms with Gasteiger partial charge in [0.15, 0.2) is 0 Å². The van der Waals surface area contributed by atoms with E-state index < -0.39 is 0 Å². The van der Waals surface area contributed by atoms with Gasteiger partial charge in [-0.3, -0.25) is 4.68 Å². The van der Waals surface area contributed by atoms with E-state index in [4.69, 9.17) is 4.74 Å². The van der Waals surface area contributed by atoms with Gasteiger partial charge in [-0.15, -0.1) is 0 Å². The standard InChI is InChI=1S/C16H22N2O/c1-11-14(12-7-9-13(19-6)10-8-12)17-18(5)15(11)16(2,3)4/h7-10H,1-6H3. The first-order chi connectivity index (χ1) is 8.84. The van der Waals surface area contributed by atoms with E-state index in [1.807, 2.05) is 23.9 Å². The van der Waals surface area contributed by atoms with Crippen LogP contribution in [-0.4, -0.2) is 16.9 Å². The molecular formula is C16H22N2O. The van der Waals surface area contributed by atoms with Crippen LogP contribution in [0.1, 0.15) is 32.0 Å². The topological polar surface area (TPSA) is 27.1 Å². The summed E-state index contributed by atoms with van der Waals surface area (Å²) < 4.78 is 7.19. The third-order valence-corrected chi connectivity index (χ3v) is 3.36. The predicted molar refractivity (Wildman–Crippen MR) is 78.6 cm³/mol. The Kier molecular flexibility index (Phi) is 3.40. The van der Waals surface area contributed by atoms with Crippen molar-refractivity contribution in [2.75, 3.05) is 7.11 Å². The molecule has 0 unspecified atom stereocenters. The monoisotopic (exact) mass is 258 g/mol. The molecule has 3 nitrogen and oxygen atoms in total. The Balaban J connectivity index is 2.51. The van der Waals surface area contributed by atoms with Gasteiger partial charge in [0.25, 0.3) is 0 Å². The Labute approximate surface area is 115 Å². The maximum atomic E-state index is 5.19. The molecule has 1 aromatic heterocycles. The molecule has 0 atom stereocenters. The number of rotatable bonds is 2. The zero-order valence-electron chi connectivity index (χ0n) is 12.6. The fourth-order valence-corrected chi connectivity index (χ4v) is 2.70. The molecule has 0 radical (unpaired) electrons. The number of aromatic nitrogens is 2. The summed E-state index contributed by atoms with van der Waals surface area (Å²) in [5, 5.41) is 4.68. The lowest BCUT2D eigenvalue weighted by molar-refractivity contribution is 0.415. The molecule has 0 aliphatic rings. The molecule has 2 rings (SSSR count). The zero-order chi connectivity index (χ0) is 14.2. The molecule has 0 saturated heterocycles. The number of hydrogen-bond acceptors (Lipinski definition) is 2. The summed E-state index contributed by atoms with van der Waals surface area (Å²) in [5.74, 6) is 0.869. The average Bonchev–Trinajstić information content (AvgIpc) is 2.64. The molecule has 1 heterocycles. The molecule has 19 heavy (non-hydrogen) atoms. The second-order valence-corrected chi connectivity index (χ2v) is 5.92. The maximum Gasteiger partial charge on any atom is 0.118 e. The molecular weight excluding hydrogens is 236 g/mol. The van der Waals surface area contributed by atoms with Gasteiger partial charge in [0.1, 0.15) is 5.75 Å². The van der Waals surface area contributed by atoms with Crippen molar-refractivity contribution in [1.82, 2.24) is 9.78 Å². The molecule has 0 spiro atoms. The minimum absolute atomic E-state index is 0.0938. The van der Waals surface area contributed by atoms with Gasteiger partial charge in [-0.2, -0.15) is 5.10 Å². The molecule has 0 saturated carbocycles. The highest BCUT2D eigenvalue weighted by Gasteiger charge is 2.24. The SMILES string of the molecule is COc1ccc(-c2nn(C)c(C(C)(C)C)c2C)cc1. The summed E-state index contributed by atoms with van der Waals surface area (Å²) >= 11 is 0. The first-order valence-electron chi connectivity index (χ1n) is 6.53. The van der Waals surface area contributed by atoms with Crippen LogP contribution in [-0.2, 0) is 12.5 Å². The predicted octanol–water partition coefficient (Wildman–Crippen LogP) is 3.70. The Morgan fingerprint density at radius 3 is 2.11 bits per heavy atom. The Morgan fingerprint density at radius 1 is 1.11 bits per heavy atom. The highest BCUT2D eigenvalue weighted by atomic mass is 16.5. The van der Waals surface area contributed by atoms with Gasteiger partial charge in [0.05, 0.1) is 12.8 Å². The highest BCUT2D eigenvalue weighted by molar-refractivity contribution is 5.65. The van der Waals surface area contributed by atoms with Crippen molar-refractivity contribution in [3.05, 3.63) is 35.5 Å². The second-order valence-electron chi connectivity index (χ2n) is 5.92. The van der Waals surface area contributed by atoms with Crippen molar-refractivity contribution in [3.63, 3.8) is 0 Å². The van der Waals surface area contributed by atoms with Crippen molar-refractivity contribution in [3.8, 4) is 17.0 Å². The van der Waals surface area contributed by atoms with Crippen molar-refractivity contribution in [2.24, 2.45) is 7.05 Å². The van der Waals surface area contributed by atoms with Crippen LogP contribution in [0.2, 0.25) is 0 Å². The minimum Gasteiger partial charge on any atom is -0.497 e. The van der Waals surface area contributed by atoms with Crippen LogP contribution >= 0.6 is 0 Å². The van der Waals surface area contributed by atoms with Gasteiger partial charge >= 0.3 is 0 Å². The third-order valence-electron chi connectivity index (χ3n) is 3.36. The van der Waals surface area contributed by atoms with Crippen LogP contribution in [0.5, 0.6) is 5.75 Å². The van der Waals surface area contributed by atoms with Crippen LogP contribution < -0.4 is 4.74 Å². The summed E-state index contributed by atoms with van der Waals surface area (Å²) in [6.45, 7) is 8.80. The molecule has 0 aliphatic heterocycles. The normalized spacial score (nSPS) is 11.7. The number of aryl methyl sites for hydroxylation is 1. The summed E-state index contributed by atoms with van der Waals surface area (Å²) in [5.41, 5.74) is 4.80. The zero-order valence-corrected chi connectivity index (χ0v) is 12.6. The van der Waals surface area contributed by atoms with Crippen molar-refractivity contribution in [2.45, 2.75) is 33.1 Å². The number of methoxy groups -OCH3 is 1. The summed E-state index contributed by atoms with van der Waals surface area (Å²) in [6.07, 6.45) is 0. The average molecular weight is 258 g/mol. The Morgan fingerprint density at radius 2 is 1.68 bits per heavy atom. The number of benzene rings is 1. The third kappa shape index (κ3) is 2.50. The van der Waals surface area contributed by atoms with Crippen molar-refractivity contribution in [1.29, 1.82) is 0 Å². The van der Waals surface area contributed by atoms with E-state index in [0.29, 0.717) is 0 Å². The summed E-state index contributed by atoms with van der Waals surface area (Å²) in [7, 11) is 3.69. The number of nitrogens with zero attached hydrogens (tertiary/aromatic N) is 2. The molecule has 3 heteroatoms. The molecule has 0 aliphatic carbocycles. The van der Waals surface area contributed by atoms with E-state index in [-0.39, 0.29) is 5.41 Å². The van der Waals surface area contributed by atoms with Gasteiger partial charge in [-0.25, -0.2) is 0 Å². The van der Waals surface area contributed by atoms with Crippen molar-refractivity contribution < 1.29 is 4.74 Å². The van der Waals surface area contributed by atoms with Crippen LogP contribution in [0.3, 0.4) is 0 Å². The largest absolute Gasteiger partial charge is 0.497 e. The number of hydrogen-bond donors (Lipinski definition) is 0. The van der Waals surface area contributed by atoms with Crippen LogP contribution in [0.15, 0.2) is 24.3 Å². The summed E-state index contributed by atoms with van der Waals surface area (Å²) in [4.78, 5) is 0. The fraction of sp³-hybridized carbons (Fsp3) is 0.438. The van der Waals surface area contributed by atoms with Crippen LogP contribution in [0, 0.1) is 6.92 Å². The smallest absolute Gasteiger partial charge is 0.118 e. The van der Waals surface area contributed by atoms with Crippen LogP contribution in [0.4, 0.5) is 0 Å². The second kappa shape index (κ2) is 4.72. The lowest BCUT2D eigenvalue weighted by Crippen LogP contribution is -2.17. The van der Waals surface area contributed by atoms with E-state index in [9.17, 15) is 0 Å².